The molecule has 30 heavy (non-hydrogen) atoms. The molecular formula is C21H22BrN3O5. The molecule has 3 N–H and O–H groups in total. The minimum Gasteiger partial charge on any atom is -0.493 e. The Morgan fingerprint density at radius 1 is 1.03 bits per heavy atom. The van der Waals surface area contributed by atoms with Crippen molar-refractivity contribution in [1.29, 1.82) is 0 Å². The first-order valence-electron chi connectivity index (χ1n) is 9.03. The van der Waals surface area contributed by atoms with E-state index in [2.05, 4.69) is 31.9 Å². The van der Waals surface area contributed by atoms with Gasteiger partial charge in [-0.2, -0.15) is 0 Å². The van der Waals surface area contributed by atoms with E-state index in [-0.39, 0.29) is 5.91 Å². The molecule has 1 aliphatic rings. The Morgan fingerprint density at radius 3 is 2.17 bits per heavy atom. The number of halogens is 1. The minimum atomic E-state index is -0.720. The highest BCUT2D eigenvalue weighted by Crippen LogP contribution is 2.41. The number of urea groups is 1. The van der Waals surface area contributed by atoms with E-state index in [1.165, 1.54) is 21.3 Å². The summed E-state index contributed by atoms with van der Waals surface area (Å²) in [5.41, 5.74) is 2.06. The van der Waals surface area contributed by atoms with Crippen molar-refractivity contribution in [1.82, 2.24) is 10.6 Å². The first kappa shape index (κ1) is 21.5. The van der Waals surface area contributed by atoms with E-state index in [1.807, 2.05) is 12.1 Å². The average molecular weight is 476 g/mol. The number of hydrogen-bond donors (Lipinski definition) is 3. The molecule has 1 atom stereocenters. The van der Waals surface area contributed by atoms with Gasteiger partial charge in [-0.25, -0.2) is 4.79 Å². The van der Waals surface area contributed by atoms with Crippen molar-refractivity contribution in [3.8, 4) is 17.2 Å². The zero-order valence-corrected chi connectivity index (χ0v) is 18.5. The van der Waals surface area contributed by atoms with Gasteiger partial charge in [0.25, 0.3) is 5.91 Å². The van der Waals surface area contributed by atoms with Gasteiger partial charge < -0.3 is 30.2 Å². The molecule has 0 saturated heterocycles. The van der Waals surface area contributed by atoms with Crippen molar-refractivity contribution < 1.29 is 23.8 Å². The molecule has 1 heterocycles. The highest BCUT2D eigenvalue weighted by Gasteiger charge is 2.32. The van der Waals surface area contributed by atoms with Crippen LogP contribution in [0.25, 0.3) is 0 Å². The van der Waals surface area contributed by atoms with Crippen LogP contribution in [0, 0.1) is 0 Å². The quantitative estimate of drug-likeness (QED) is 0.590. The Bertz CT molecular complexity index is 979. The first-order chi connectivity index (χ1) is 14.4. The fraction of sp³-hybridized carbons (Fsp3) is 0.238. The van der Waals surface area contributed by atoms with Crippen molar-refractivity contribution in [3.63, 3.8) is 0 Å². The summed E-state index contributed by atoms with van der Waals surface area (Å²) >= 11 is 3.37. The van der Waals surface area contributed by atoms with Crippen molar-refractivity contribution in [3.05, 3.63) is 57.7 Å². The molecule has 0 radical (unpaired) electrons. The summed E-state index contributed by atoms with van der Waals surface area (Å²) in [5.74, 6) is 0.918. The molecule has 1 unspecified atom stereocenters. The number of allylic oxidation sites excluding steroid dienone is 1. The van der Waals surface area contributed by atoms with Gasteiger partial charge in [0.1, 0.15) is 0 Å². The molecule has 1 aliphatic heterocycles. The van der Waals surface area contributed by atoms with Crippen LogP contribution in [0.3, 0.4) is 0 Å². The molecule has 0 aromatic heterocycles. The number of amides is 3. The zero-order chi connectivity index (χ0) is 21.8. The highest BCUT2D eigenvalue weighted by molar-refractivity contribution is 9.10. The molecule has 0 aliphatic carbocycles. The van der Waals surface area contributed by atoms with Gasteiger partial charge in [-0.05, 0) is 48.9 Å². The van der Waals surface area contributed by atoms with Crippen LogP contribution in [0.5, 0.6) is 17.2 Å². The Morgan fingerprint density at radius 2 is 1.63 bits per heavy atom. The summed E-state index contributed by atoms with van der Waals surface area (Å²) in [6.45, 7) is 1.68. The van der Waals surface area contributed by atoms with E-state index in [0.29, 0.717) is 39.8 Å². The molecule has 2 aromatic carbocycles. The molecule has 0 fully saturated rings. The van der Waals surface area contributed by atoms with E-state index in [9.17, 15) is 9.59 Å². The van der Waals surface area contributed by atoms with E-state index in [0.717, 1.165) is 4.47 Å². The van der Waals surface area contributed by atoms with Crippen LogP contribution in [0.2, 0.25) is 0 Å². The normalized spacial score (nSPS) is 15.8. The van der Waals surface area contributed by atoms with Crippen LogP contribution in [0.15, 0.2) is 52.1 Å². The van der Waals surface area contributed by atoms with E-state index < -0.39 is 12.1 Å². The summed E-state index contributed by atoms with van der Waals surface area (Å²) in [5, 5.41) is 8.33. The number of carbonyl (C=O) groups excluding carboxylic acids is 2. The number of anilines is 1. The first-order valence-corrected chi connectivity index (χ1v) is 9.82. The average Bonchev–Trinajstić information content (AvgIpc) is 2.73. The van der Waals surface area contributed by atoms with Crippen LogP contribution in [-0.2, 0) is 4.79 Å². The Labute approximate surface area is 182 Å². The Kier molecular flexibility index (Phi) is 6.51. The summed E-state index contributed by atoms with van der Waals surface area (Å²) in [6, 6.07) is 9.50. The van der Waals surface area contributed by atoms with Crippen LogP contribution in [-0.4, -0.2) is 33.3 Å². The van der Waals surface area contributed by atoms with Gasteiger partial charge in [0.2, 0.25) is 5.75 Å². The second kappa shape index (κ2) is 9.08. The maximum Gasteiger partial charge on any atom is 0.319 e. The molecule has 0 bridgehead atoms. The number of hydrogen-bond acceptors (Lipinski definition) is 5. The molecule has 2 aromatic rings. The Balaban J connectivity index is 2.03. The van der Waals surface area contributed by atoms with Crippen molar-refractivity contribution in [2.24, 2.45) is 0 Å². The van der Waals surface area contributed by atoms with Gasteiger partial charge in [0, 0.05) is 15.9 Å². The molecule has 3 rings (SSSR count). The Hall–Kier alpha value is -3.20. The number of ether oxygens (including phenoxy) is 3. The molecule has 9 heteroatoms. The topological polar surface area (TPSA) is 97.9 Å². The third-order valence-corrected chi connectivity index (χ3v) is 5.16. The lowest BCUT2D eigenvalue weighted by molar-refractivity contribution is -0.113. The maximum absolute atomic E-state index is 13.1. The van der Waals surface area contributed by atoms with Gasteiger partial charge >= 0.3 is 6.03 Å². The van der Waals surface area contributed by atoms with Crippen molar-refractivity contribution >= 4 is 33.6 Å². The SMILES string of the molecule is COc1cc(C2NC(=O)NC(C)=C2C(=O)Nc2ccc(Br)cc2)cc(OC)c1OC. The monoisotopic (exact) mass is 475 g/mol. The van der Waals surface area contributed by atoms with Crippen molar-refractivity contribution in [2.45, 2.75) is 13.0 Å². The summed E-state index contributed by atoms with van der Waals surface area (Å²) in [7, 11) is 4.52. The molecule has 0 saturated carbocycles. The number of benzene rings is 2. The van der Waals surface area contributed by atoms with Gasteiger partial charge in [0.15, 0.2) is 11.5 Å². The lowest BCUT2D eigenvalue weighted by Crippen LogP contribution is -2.46. The highest BCUT2D eigenvalue weighted by atomic mass is 79.9. The summed E-state index contributed by atoms with van der Waals surface area (Å²) < 4.78 is 17.1. The van der Waals surface area contributed by atoms with E-state index >= 15 is 0 Å². The predicted molar refractivity (Wildman–Crippen MR) is 116 cm³/mol. The summed E-state index contributed by atoms with van der Waals surface area (Å²) in [4.78, 5) is 25.3. The lowest BCUT2D eigenvalue weighted by Gasteiger charge is -2.29. The predicted octanol–water partition coefficient (Wildman–Crippen LogP) is 3.74. The molecule has 158 valence electrons. The third kappa shape index (κ3) is 4.35. The molecular weight excluding hydrogens is 454 g/mol. The smallest absolute Gasteiger partial charge is 0.319 e. The maximum atomic E-state index is 13.1. The van der Waals surface area contributed by atoms with Gasteiger partial charge in [0.05, 0.1) is 32.9 Å². The third-order valence-electron chi connectivity index (χ3n) is 4.64. The van der Waals surface area contributed by atoms with Gasteiger partial charge in [-0.1, -0.05) is 15.9 Å². The molecule has 3 amide bonds. The molecule has 0 spiro atoms. The van der Waals surface area contributed by atoms with Crippen LogP contribution in [0.1, 0.15) is 18.5 Å². The number of carbonyl (C=O) groups is 2. The fourth-order valence-electron chi connectivity index (χ4n) is 3.24. The van der Waals surface area contributed by atoms with Crippen LogP contribution >= 0.6 is 15.9 Å². The number of methoxy groups -OCH3 is 3. The van der Waals surface area contributed by atoms with Crippen LogP contribution in [0.4, 0.5) is 10.5 Å². The lowest BCUT2D eigenvalue weighted by atomic mass is 9.94. The van der Waals surface area contributed by atoms with E-state index in [4.69, 9.17) is 14.2 Å². The van der Waals surface area contributed by atoms with Gasteiger partial charge in [-0.3, -0.25) is 4.79 Å². The van der Waals surface area contributed by atoms with Gasteiger partial charge in [-0.15, -0.1) is 0 Å². The van der Waals surface area contributed by atoms with E-state index in [1.54, 1.807) is 31.2 Å². The summed E-state index contributed by atoms with van der Waals surface area (Å²) in [6.07, 6.45) is 0. The standard InChI is InChI=1S/C21H22BrN3O5/c1-11-17(20(26)24-14-7-5-13(22)6-8-14)18(25-21(27)23-11)12-9-15(28-2)19(30-4)16(10-12)29-3/h5-10,18H,1-4H3,(H,24,26)(H2,23,25,27). The zero-order valence-electron chi connectivity index (χ0n) is 17.0. The fourth-order valence-corrected chi connectivity index (χ4v) is 3.51. The van der Waals surface area contributed by atoms with Crippen LogP contribution < -0.4 is 30.2 Å². The number of nitrogens with one attached hydrogen (secondary N) is 3. The van der Waals surface area contributed by atoms with Crippen molar-refractivity contribution in [2.75, 3.05) is 26.6 Å². The second-order valence-electron chi connectivity index (χ2n) is 6.49. The number of rotatable bonds is 6. The molecule has 8 nitrogen and oxygen atoms in total. The minimum absolute atomic E-state index is 0.346. The second-order valence-corrected chi connectivity index (χ2v) is 7.41. The largest absolute Gasteiger partial charge is 0.493 e.